The molecule has 0 saturated heterocycles. The van der Waals surface area contributed by atoms with Crippen LogP contribution in [0.15, 0.2) is 35.5 Å². The van der Waals surface area contributed by atoms with Crippen LogP contribution in [0.1, 0.15) is 22.4 Å². The number of methoxy groups -OCH3 is 1. The Labute approximate surface area is 161 Å². The lowest BCUT2D eigenvalue weighted by Gasteiger charge is -2.24. The maximum atomic E-state index is 9.66. The molecule has 0 atom stereocenters. The van der Waals surface area contributed by atoms with Crippen molar-refractivity contribution in [2.45, 2.75) is 25.0 Å². The van der Waals surface area contributed by atoms with Gasteiger partial charge in [-0.25, -0.2) is 4.98 Å². The van der Waals surface area contributed by atoms with Crippen molar-refractivity contribution in [3.05, 3.63) is 52.8 Å². The van der Waals surface area contributed by atoms with Crippen LogP contribution in [0.5, 0.6) is 17.4 Å². The van der Waals surface area contributed by atoms with Crippen molar-refractivity contribution in [1.29, 1.82) is 0 Å². The zero-order chi connectivity index (χ0) is 19.0. The molecule has 0 saturated carbocycles. The van der Waals surface area contributed by atoms with E-state index in [1.165, 1.54) is 0 Å². The Hall–Kier alpha value is -2.64. The zero-order valence-electron chi connectivity index (χ0n) is 15.3. The van der Waals surface area contributed by atoms with Gasteiger partial charge in [0.05, 0.1) is 30.5 Å². The molecule has 0 unspecified atom stereocenters. The minimum atomic E-state index is -0.0803. The van der Waals surface area contributed by atoms with E-state index in [0.29, 0.717) is 29.6 Å². The van der Waals surface area contributed by atoms with E-state index in [2.05, 4.69) is 9.97 Å². The molecule has 2 aromatic heterocycles. The number of para-hydroxylation sites is 1. The summed E-state index contributed by atoms with van der Waals surface area (Å²) in [7, 11) is 1.63. The Bertz CT molecular complexity index is 1020. The predicted molar refractivity (Wildman–Crippen MR) is 104 cm³/mol. The summed E-state index contributed by atoms with van der Waals surface area (Å²) < 4.78 is 11.6. The van der Waals surface area contributed by atoms with Crippen molar-refractivity contribution >= 4 is 11.8 Å². The molecular weight excluding hydrogens is 362 g/mol. The Morgan fingerprint density at radius 2 is 2.04 bits per heavy atom. The number of thioether (sulfide) groups is 1. The van der Waals surface area contributed by atoms with Gasteiger partial charge in [-0.15, -0.1) is 11.8 Å². The third-order valence-electron chi connectivity index (χ3n) is 4.60. The van der Waals surface area contributed by atoms with Gasteiger partial charge in [0, 0.05) is 23.7 Å². The molecule has 3 heterocycles. The van der Waals surface area contributed by atoms with Crippen LogP contribution in [0.25, 0.3) is 11.4 Å². The van der Waals surface area contributed by atoms with E-state index in [9.17, 15) is 5.11 Å². The van der Waals surface area contributed by atoms with Crippen LogP contribution in [0, 0.1) is 6.92 Å². The van der Waals surface area contributed by atoms with E-state index in [1.807, 2.05) is 37.4 Å². The molecule has 138 valence electrons. The molecule has 0 spiro atoms. The first-order valence-corrected chi connectivity index (χ1v) is 9.73. The molecule has 7 heteroatoms. The highest BCUT2D eigenvalue weighted by atomic mass is 32.2. The second-order valence-corrected chi connectivity index (χ2v) is 6.95. The molecule has 1 aliphatic heterocycles. The van der Waals surface area contributed by atoms with E-state index < -0.39 is 0 Å². The van der Waals surface area contributed by atoms with Crippen molar-refractivity contribution < 1.29 is 14.6 Å². The fourth-order valence-corrected chi connectivity index (χ4v) is 3.80. The third kappa shape index (κ3) is 3.02. The number of hydrogen-bond donors (Lipinski definition) is 1. The van der Waals surface area contributed by atoms with Gasteiger partial charge in [0.25, 0.3) is 0 Å². The molecular formula is C20H19N3O3S. The quantitative estimate of drug-likeness (QED) is 0.426. The summed E-state index contributed by atoms with van der Waals surface area (Å²) in [6, 6.07) is 7.65. The first-order chi connectivity index (χ1) is 13.2. The fraction of sp³-hybridized carbons (Fsp3) is 0.250. The monoisotopic (exact) mass is 381 g/mol. The molecule has 0 bridgehead atoms. The number of fused-ring (bicyclic) bond motifs is 2. The zero-order valence-corrected chi connectivity index (χ0v) is 16.1. The topological polar surface area (TPSA) is 77.4 Å². The summed E-state index contributed by atoms with van der Waals surface area (Å²) in [5.41, 5.74) is 4.22. The van der Waals surface area contributed by atoms with Crippen LogP contribution < -0.4 is 9.47 Å². The third-order valence-corrected chi connectivity index (χ3v) is 5.32. The summed E-state index contributed by atoms with van der Waals surface area (Å²) in [4.78, 5) is 13.8. The number of aromatic nitrogens is 3. The van der Waals surface area contributed by atoms with Crippen molar-refractivity contribution in [3.8, 4) is 28.8 Å². The molecule has 4 rings (SSSR count). The van der Waals surface area contributed by atoms with E-state index in [0.717, 1.165) is 33.0 Å². The largest absolute Gasteiger partial charge is 0.496 e. The molecule has 6 nitrogen and oxygen atoms in total. The maximum Gasteiger partial charge on any atom is 0.227 e. The normalized spacial score (nSPS) is 12.1. The first-order valence-electron chi connectivity index (χ1n) is 8.50. The summed E-state index contributed by atoms with van der Waals surface area (Å²) in [5.74, 6) is 2.47. The van der Waals surface area contributed by atoms with E-state index in [1.54, 1.807) is 25.1 Å². The SMILES string of the molecule is COc1ccccc1-c1nc2c(c(SC)n1)Cc1c(CO)cnc(C)c1O2. The van der Waals surface area contributed by atoms with E-state index >= 15 is 0 Å². The number of rotatable bonds is 4. The van der Waals surface area contributed by atoms with Crippen LogP contribution >= 0.6 is 11.8 Å². The number of benzene rings is 1. The highest BCUT2D eigenvalue weighted by Gasteiger charge is 2.27. The minimum absolute atomic E-state index is 0.0803. The number of aliphatic hydroxyl groups excluding tert-OH is 1. The van der Waals surface area contributed by atoms with E-state index in [-0.39, 0.29) is 6.61 Å². The van der Waals surface area contributed by atoms with Gasteiger partial charge in [0.1, 0.15) is 10.8 Å². The molecule has 27 heavy (non-hydrogen) atoms. The van der Waals surface area contributed by atoms with Crippen molar-refractivity contribution in [2.75, 3.05) is 13.4 Å². The Morgan fingerprint density at radius 3 is 2.78 bits per heavy atom. The summed E-state index contributed by atoms with van der Waals surface area (Å²) in [6.45, 7) is 1.81. The Kier molecular flexibility index (Phi) is 4.72. The smallest absolute Gasteiger partial charge is 0.227 e. The molecule has 0 aliphatic carbocycles. The minimum Gasteiger partial charge on any atom is -0.496 e. The highest BCUT2D eigenvalue weighted by molar-refractivity contribution is 7.98. The van der Waals surface area contributed by atoms with Gasteiger partial charge in [-0.3, -0.25) is 4.98 Å². The summed E-state index contributed by atoms with van der Waals surface area (Å²) >= 11 is 1.55. The number of pyridine rings is 1. The molecule has 1 N–H and O–H groups in total. The van der Waals surface area contributed by atoms with Gasteiger partial charge in [-0.1, -0.05) is 12.1 Å². The van der Waals surface area contributed by atoms with Crippen LogP contribution in [0.4, 0.5) is 0 Å². The van der Waals surface area contributed by atoms with Crippen molar-refractivity contribution in [1.82, 2.24) is 15.0 Å². The maximum absolute atomic E-state index is 9.66. The van der Waals surface area contributed by atoms with Gasteiger partial charge >= 0.3 is 0 Å². The van der Waals surface area contributed by atoms with Gasteiger partial charge in [0.2, 0.25) is 5.88 Å². The fourth-order valence-electron chi connectivity index (χ4n) is 3.21. The number of aryl methyl sites for hydroxylation is 1. The van der Waals surface area contributed by atoms with Gasteiger partial charge in [-0.05, 0) is 25.3 Å². The van der Waals surface area contributed by atoms with Gasteiger partial charge < -0.3 is 14.6 Å². The highest BCUT2D eigenvalue weighted by Crippen LogP contribution is 2.42. The van der Waals surface area contributed by atoms with Crippen LogP contribution in [-0.2, 0) is 13.0 Å². The second kappa shape index (κ2) is 7.17. The van der Waals surface area contributed by atoms with Crippen molar-refractivity contribution in [2.24, 2.45) is 0 Å². The second-order valence-electron chi connectivity index (χ2n) is 6.15. The summed E-state index contributed by atoms with van der Waals surface area (Å²) in [5, 5.41) is 10.5. The number of nitrogens with zero attached hydrogens (tertiary/aromatic N) is 3. The lowest BCUT2D eigenvalue weighted by atomic mass is 9.99. The lowest BCUT2D eigenvalue weighted by Crippen LogP contribution is -2.13. The van der Waals surface area contributed by atoms with E-state index in [4.69, 9.17) is 14.5 Å². The van der Waals surface area contributed by atoms with Crippen molar-refractivity contribution in [3.63, 3.8) is 0 Å². The van der Waals surface area contributed by atoms with Gasteiger partial charge in [0.15, 0.2) is 11.6 Å². The molecule has 3 aromatic rings. The molecule has 1 aliphatic rings. The standard InChI is InChI=1S/C20H19N3O3S/c1-11-17-14(12(10-24)9-21-11)8-15-19(26-17)22-18(23-20(15)27-3)13-6-4-5-7-16(13)25-2/h4-7,9,24H,8,10H2,1-3H3. The summed E-state index contributed by atoms with van der Waals surface area (Å²) in [6.07, 6.45) is 4.28. The Balaban J connectivity index is 1.87. The van der Waals surface area contributed by atoms with Crippen LogP contribution in [0.3, 0.4) is 0 Å². The van der Waals surface area contributed by atoms with Gasteiger partial charge in [-0.2, -0.15) is 4.98 Å². The number of ether oxygens (including phenoxy) is 2. The Morgan fingerprint density at radius 1 is 1.22 bits per heavy atom. The molecule has 1 aromatic carbocycles. The molecule has 0 radical (unpaired) electrons. The van der Waals surface area contributed by atoms with Crippen LogP contribution in [0.2, 0.25) is 0 Å². The average molecular weight is 381 g/mol. The molecule has 0 fully saturated rings. The first kappa shape index (κ1) is 17.8. The molecule has 0 amide bonds. The number of aliphatic hydroxyl groups is 1. The number of hydrogen-bond acceptors (Lipinski definition) is 7. The predicted octanol–water partition coefficient (Wildman–Crippen LogP) is 3.77. The lowest BCUT2D eigenvalue weighted by molar-refractivity contribution is 0.278. The average Bonchev–Trinajstić information content (AvgIpc) is 2.72. The van der Waals surface area contributed by atoms with Crippen LogP contribution in [-0.4, -0.2) is 33.4 Å².